The smallest absolute Gasteiger partial charge is 0.165 e. The van der Waals surface area contributed by atoms with Crippen LogP contribution in [0.2, 0.25) is 0 Å². The van der Waals surface area contributed by atoms with Crippen LogP contribution in [0.25, 0.3) is 0 Å². The summed E-state index contributed by atoms with van der Waals surface area (Å²) < 4.78 is 18.5. The zero-order valence-corrected chi connectivity index (χ0v) is 10.9. The van der Waals surface area contributed by atoms with E-state index in [9.17, 15) is 4.39 Å². The van der Waals surface area contributed by atoms with E-state index in [1.165, 1.54) is 19.5 Å². The molecule has 1 heterocycles. The van der Waals surface area contributed by atoms with Crippen molar-refractivity contribution in [2.24, 2.45) is 0 Å². The van der Waals surface area contributed by atoms with Crippen LogP contribution in [0.3, 0.4) is 0 Å². The Morgan fingerprint density at radius 3 is 2.84 bits per heavy atom. The molecule has 1 aromatic carbocycles. The van der Waals surface area contributed by atoms with Gasteiger partial charge in [0.1, 0.15) is 6.33 Å². The molecule has 1 atom stereocenters. The number of nitrogens with zero attached hydrogens (tertiary/aromatic N) is 2. The number of hydrogen-bond acceptors (Lipinski definition) is 4. The summed E-state index contributed by atoms with van der Waals surface area (Å²) in [4.78, 5) is 7.98. The van der Waals surface area contributed by atoms with Gasteiger partial charge in [0.15, 0.2) is 11.6 Å². The van der Waals surface area contributed by atoms with Gasteiger partial charge in [0.2, 0.25) is 0 Å². The number of nitrogens with one attached hydrogen (secondary N) is 1. The Hall–Kier alpha value is -2.01. The molecular formula is C14H16FN3O. The lowest BCUT2D eigenvalue weighted by molar-refractivity contribution is 0.385. The van der Waals surface area contributed by atoms with Gasteiger partial charge < -0.3 is 10.1 Å². The van der Waals surface area contributed by atoms with E-state index < -0.39 is 0 Å². The summed E-state index contributed by atoms with van der Waals surface area (Å²) in [6.07, 6.45) is 3.20. The zero-order valence-electron chi connectivity index (χ0n) is 10.9. The molecule has 0 aliphatic carbocycles. The summed E-state index contributed by atoms with van der Waals surface area (Å²) in [5.74, 6) is -0.0950. The highest BCUT2D eigenvalue weighted by Gasteiger charge is 2.09. The van der Waals surface area contributed by atoms with Crippen molar-refractivity contribution in [2.75, 3.05) is 7.11 Å². The molecule has 4 nitrogen and oxygen atoms in total. The average molecular weight is 261 g/mol. The molecule has 0 spiro atoms. The number of hydrogen-bond donors (Lipinski definition) is 1. The molecule has 0 amide bonds. The Morgan fingerprint density at radius 1 is 1.37 bits per heavy atom. The maximum absolute atomic E-state index is 13.6. The zero-order chi connectivity index (χ0) is 13.7. The molecular weight excluding hydrogens is 245 g/mol. The van der Waals surface area contributed by atoms with Crippen LogP contribution in [0.4, 0.5) is 4.39 Å². The SMILES string of the molecule is COc1ccc(C(C)NCc2ccncn2)cc1F. The van der Waals surface area contributed by atoms with Gasteiger partial charge in [-0.05, 0) is 30.7 Å². The predicted molar refractivity (Wildman–Crippen MR) is 70.2 cm³/mol. The fourth-order valence-electron chi connectivity index (χ4n) is 1.75. The molecule has 1 aromatic heterocycles. The fourth-order valence-corrected chi connectivity index (χ4v) is 1.75. The Bertz CT molecular complexity index is 533. The Balaban J connectivity index is 2.00. The van der Waals surface area contributed by atoms with Crippen LogP contribution < -0.4 is 10.1 Å². The molecule has 5 heteroatoms. The summed E-state index contributed by atoms with van der Waals surface area (Å²) in [7, 11) is 1.45. The summed E-state index contributed by atoms with van der Waals surface area (Å²) in [5, 5.41) is 3.28. The third-order valence-electron chi connectivity index (χ3n) is 2.91. The summed E-state index contributed by atoms with van der Waals surface area (Å²) in [6.45, 7) is 2.58. The van der Waals surface area contributed by atoms with E-state index in [0.717, 1.165) is 11.3 Å². The fraction of sp³-hybridized carbons (Fsp3) is 0.286. The van der Waals surface area contributed by atoms with Crippen molar-refractivity contribution >= 4 is 0 Å². The second-order valence-corrected chi connectivity index (χ2v) is 4.20. The van der Waals surface area contributed by atoms with Crippen molar-refractivity contribution in [1.29, 1.82) is 0 Å². The van der Waals surface area contributed by atoms with Gasteiger partial charge in [0.25, 0.3) is 0 Å². The minimum atomic E-state index is -0.351. The van der Waals surface area contributed by atoms with Gasteiger partial charge in [0, 0.05) is 18.8 Å². The monoisotopic (exact) mass is 261 g/mol. The number of rotatable bonds is 5. The molecule has 0 fully saturated rings. The van der Waals surface area contributed by atoms with E-state index in [0.29, 0.717) is 6.54 Å². The first-order chi connectivity index (χ1) is 9.20. The molecule has 1 N–H and O–H groups in total. The highest BCUT2D eigenvalue weighted by atomic mass is 19.1. The van der Waals surface area contributed by atoms with E-state index in [2.05, 4.69) is 15.3 Å². The maximum Gasteiger partial charge on any atom is 0.165 e. The van der Waals surface area contributed by atoms with E-state index in [1.807, 2.05) is 19.1 Å². The second-order valence-electron chi connectivity index (χ2n) is 4.20. The van der Waals surface area contributed by atoms with Gasteiger partial charge in [-0.15, -0.1) is 0 Å². The molecule has 0 saturated carbocycles. The van der Waals surface area contributed by atoms with Gasteiger partial charge in [-0.25, -0.2) is 14.4 Å². The summed E-state index contributed by atoms with van der Waals surface area (Å²) >= 11 is 0. The van der Waals surface area contributed by atoms with Gasteiger partial charge in [-0.2, -0.15) is 0 Å². The molecule has 0 saturated heterocycles. The molecule has 2 aromatic rings. The topological polar surface area (TPSA) is 47.0 Å². The first-order valence-electron chi connectivity index (χ1n) is 6.02. The third-order valence-corrected chi connectivity index (χ3v) is 2.91. The highest BCUT2D eigenvalue weighted by molar-refractivity contribution is 5.30. The summed E-state index contributed by atoms with van der Waals surface area (Å²) in [6, 6.07) is 6.83. The van der Waals surface area contributed by atoms with Crippen molar-refractivity contribution in [3.63, 3.8) is 0 Å². The molecule has 0 bridgehead atoms. The van der Waals surface area contributed by atoms with Crippen molar-refractivity contribution in [2.45, 2.75) is 19.5 Å². The van der Waals surface area contributed by atoms with Gasteiger partial charge >= 0.3 is 0 Å². The number of benzene rings is 1. The van der Waals surface area contributed by atoms with Crippen molar-refractivity contribution in [3.8, 4) is 5.75 Å². The number of ether oxygens (including phenoxy) is 1. The van der Waals surface area contributed by atoms with Crippen LogP contribution in [0.1, 0.15) is 24.2 Å². The van der Waals surface area contributed by atoms with Gasteiger partial charge in [-0.3, -0.25) is 0 Å². The first kappa shape index (κ1) is 13.4. The van der Waals surface area contributed by atoms with E-state index in [4.69, 9.17) is 4.74 Å². The molecule has 0 aliphatic heterocycles. The molecule has 1 unspecified atom stereocenters. The standard InChI is InChI=1S/C14H16FN3O/c1-10(17-8-12-5-6-16-9-18-12)11-3-4-14(19-2)13(15)7-11/h3-7,9-10,17H,8H2,1-2H3. The van der Waals surface area contributed by atoms with Crippen molar-refractivity contribution < 1.29 is 9.13 Å². The van der Waals surface area contributed by atoms with Crippen LogP contribution >= 0.6 is 0 Å². The van der Waals surface area contributed by atoms with Crippen molar-refractivity contribution in [1.82, 2.24) is 15.3 Å². The van der Waals surface area contributed by atoms with E-state index >= 15 is 0 Å². The number of methoxy groups -OCH3 is 1. The minimum Gasteiger partial charge on any atom is -0.494 e. The van der Waals surface area contributed by atoms with Crippen LogP contribution in [0.5, 0.6) is 5.75 Å². The van der Waals surface area contributed by atoms with Crippen LogP contribution in [-0.2, 0) is 6.54 Å². The Kier molecular flexibility index (Phi) is 4.41. The molecule has 2 rings (SSSR count). The maximum atomic E-state index is 13.6. The third kappa shape index (κ3) is 3.48. The normalized spacial score (nSPS) is 12.2. The summed E-state index contributed by atoms with van der Waals surface area (Å²) in [5.41, 5.74) is 1.77. The lowest BCUT2D eigenvalue weighted by atomic mass is 10.1. The van der Waals surface area contributed by atoms with E-state index in [-0.39, 0.29) is 17.6 Å². The molecule has 0 aliphatic rings. The predicted octanol–water partition coefficient (Wildman–Crippen LogP) is 2.48. The van der Waals surface area contributed by atoms with Crippen molar-refractivity contribution in [3.05, 3.63) is 53.9 Å². The Labute approximate surface area is 111 Å². The van der Waals surface area contributed by atoms with Crippen LogP contribution in [0.15, 0.2) is 36.8 Å². The lowest BCUT2D eigenvalue weighted by Crippen LogP contribution is -2.18. The second kappa shape index (κ2) is 6.24. The minimum absolute atomic E-state index is 0.0235. The van der Waals surface area contributed by atoms with Gasteiger partial charge in [0.05, 0.1) is 12.8 Å². The molecule has 100 valence electrons. The average Bonchev–Trinajstić information content (AvgIpc) is 2.45. The van der Waals surface area contributed by atoms with E-state index in [1.54, 1.807) is 12.3 Å². The molecule has 0 radical (unpaired) electrons. The van der Waals surface area contributed by atoms with Crippen LogP contribution in [0, 0.1) is 5.82 Å². The number of halogens is 1. The number of aromatic nitrogens is 2. The largest absolute Gasteiger partial charge is 0.494 e. The quantitative estimate of drug-likeness (QED) is 0.898. The highest BCUT2D eigenvalue weighted by Crippen LogP contribution is 2.21. The molecule has 19 heavy (non-hydrogen) atoms. The van der Waals surface area contributed by atoms with Gasteiger partial charge in [-0.1, -0.05) is 6.07 Å². The Morgan fingerprint density at radius 2 is 2.21 bits per heavy atom. The van der Waals surface area contributed by atoms with Crippen LogP contribution in [-0.4, -0.2) is 17.1 Å². The first-order valence-corrected chi connectivity index (χ1v) is 6.02. The lowest BCUT2D eigenvalue weighted by Gasteiger charge is -2.14.